The van der Waals surface area contributed by atoms with Crippen LogP contribution in [0, 0.1) is 0 Å². The Kier molecular flexibility index (Phi) is 6.95. The molecule has 28 heavy (non-hydrogen) atoms. The van der Waals surface area contributed by atoms with Crippen molar-refractivity contribution in [2.45, 2.75) is 0 Å². The number of hydrogen-bond acceptors (Lipinski definition) is 0. The topological polar surface area (TPSA) is 0 Å². The molecular weight excluding hydrogens is 355 g/mol. The molecule has 0 saturated heterocycles. The molecule has 0 aromatic heterocycles. The van der Waals surface area contributed by atoms with E-state index in [1.165, 1.54) is 21.5 Å². The summed E-state index contributed by atoms with van der Waals surface area (Å²) in [5.41, 5.74) is 1.17. The van der Waals surface area contributed by atoms with Gasteiger partial charge in [-0.3, -0.25) is 0 Å². The predicted octanol–water partition coefficient (Wildman–Crippen LogP) is 5.94. The van der Waals surface area contributed by atoms with Crippen LogP contribution in [0.2, 0.25) is 0 Å². The number of hydrogen-bond donors (Lipinski definition) is 0. The second kappa shape index (κ2) is 9.83. The van der Waals surface area contributed by atoms with E-state index in [9.17, 15) is 0 Å². The lowest BCUT2D eigenvalue weighted by Crippen LogP contribution is -2.30. The van der Waals surface area contributed by atoms with E-state index < -0.39 is 7.26 Å². The highest BCUT2D eigenvalue weighted by Crippen LogP contribution is 2.51. The normalized spacial score (nSPS) is 10.5. The Labute approximate surface area is 169 Å². The highest BCUT2D eigenvalue weighted by atomic mass is 31.2. The first kappa shape index (κ1) is 19.8. The van der Waals surface area contributed by atoms with Crippen LogP contribution in [0.5, 0.6) is 0 Å². The summed E-state index contributed by atoms with van der Waals surface area (Å²) < 4.78 is 0. The van der Waals surface area contributed by atoms with Gasteiger partial charge in [-0.15, -0.1) is 0 Å². The van der Waals surface area contributed by atoms with E-state index in [0.29, 0.717) is 0 Å². The van der Waals surface area contributed by atoms with Gasteiger partial charge in [0.15, 0.2) is 0 Å². The summed E-state index contributed by atoms with van der Waals surface area (Å²) in [7, 11) is -1.53. The van der Waals surface area contributed by atoms with Crippen LogP contribution < -0.4 is 15.9 Å². The molecule has 4 aromatic rings. The summed E-state index contributed by atoms with van der Waals surface area (Å²) in [4.78, 5) is 0. The van der Waals surface area contributed by atoms with Crippen LogP contribution in [-0.2, 0) is 0 Å². The lowest BCUT2D eigenvalue weighted by Gasteiger charge is -2.22. The second-order valence-electron chi connectivity index (χ2n) is 6.63. The molecule has 0 fully saturated rings. The molecule has 4 aromatic carbocycles. The fourth-order valence-corrected chi connectivity index (χ4v) is 6.41. The second-order valence-corrected chi connectivity index (χ2v) is 10.2. The minimum atomic E-state index is -1.53. The van der Waals surface area contributed by atoms with Crippen LogP contribution in [-0.4, -0.2) is 6.66 Å². The smallest absolute Gasteiger partial charge is 0.0985 e. The van der Waals surface area contributed by atoms with Crippen molar-refractivity contribution in [3.05, 3.63) is 133 Å². The van der Waals surface area contributed by atoms with Gasteiger partial charge in [0, 0.05) is 0 Å². The van der Waals surface area contributed by atoms with Gasteiger partial charge in [-0.2, -0.15) is 0 Å². The molecule has 0 nitrogen and oxygen atoms in total. The molecule has 0 aliphatic carbocycles. The molecular formula is C27H26P+. The van der Waals surface area contributed by atoms with Crippen LogP contribution in [0.15, 0.2) is 128 Å². The third-order valence-corrected chi connectivity index (χ3v) is 8.85. The van der Waals surface area contributed by atoms with Crippen molar-refractivity contribution in [3.63, 3.8) is 0 Å². The summed E-state index contributed by atoms with van der Waals surface area (Å²) in [5, 5.41) is 4.28. The SMILES string of the molecule is C=Cc1ccccc1.C[P+](c1ccccc1)(c1ccccc1)c1ccccc1. The summed E-state index contributed by atoms with van der Waals surface area (Å²) in [5.74, 6) is 0. The van der Waals surface area contributed by atoms with Gasteiger partial charge in [0.1, 0.15) is 23.2 Å². The van der Waals surface area contributed by atoms with Crippen molar-refractivity contribution in [2.75, 3.05) is 6.66 Å². The Hall–Kier alpha value is -2.95. The molecule has 0 bridgehead atoms. The fourth-order valence-electron chi connectivity index (χ4n) is 3.21. The van der Waals surface area contributed by atoms with Crippen LogP contribution in [0.1, 0.15) is 5.56 Å². The van der Waals surface area contributed by atoms with Gasteiger partial charge in [0.2, 0.25) is 0 Å². The van der Waals surface area contributed by atoms with Crippen LogP contribution in [0.25, 0.3) is 6.08 Å². The highest BCUT2D eigenvalue weighted by Gasteiger charge is 2.39. The quantitative estimate of drug-likeness (QED) is 0.384. The maximum Gasteiger partial charge on any atom is 0.109 e. The average Bonchev–Trinajstić information content (AvgIpc) is 2.81. The first-order chi connectivity index (χ1) is 13.7. The number of rotatable bonds is 4. The third-order valence-electron chi connectivity index (χ3n) is 4.85. The van der Waals surface area contributed by atoms with E-state index in [1.807, 2.05) is 36.4 Å². The Balaban J connectivity index is 0.000000236. The molecule has 0 aliphatic heterocycles. The van der Waals surface area contributed by atoms with Gasteiger partial charge >= 0.3 is 0 Å². The molecule has 0 heterocycles. The van der Waals surface area contributed by atoms with Gasteiger partial charge in [0.25, 0.3) is 0 Å². The van der Waals surface area contributed by atoms with Crippen LogP contribution >= 0.6 is 7.26 Å². The van der Waals surface area contributed by atoms with E-state index in [4.69, 9.17) is 0 Å². The van der Waals surface area contributed by atoms with E-state index in [2.05, 4.69) is 104 Å². The summed E-state index contributed by atoms with van der Waals surface area (Å²) in [6.07, 6.45) is 1.83. The van der Waals surface area contributed by atoms with Gasteiger partial charge in [0.05, 0.1) is 6.66 Å². The predicted molar refractivity (Wildman–Crippen MR) is 128 cm³/mol. The van der Waals surface area contributed by atoms with Crippen molar-refractivity contribution in [1.82, 2.24) is 0 Å². The maximum atomic E-state index is 3.63. The number of benzene rings is 4. The Bertz CT molecular complexity index is 865. The van der Waals surface area contributed by atoms with Crippen molar-refractivity contribution in [2.24, 2.45) is 0 Å². The van der Waals surface area contributed by atoms with Crippen molar-refractivity contribution >= 4 is 29.3 Å². The molecule has 0 saturated carbocycles. The first-order valence-electron chi connectivity index (χ1n) is 9.46. The molecule has 0 amide bonds. The van der Waals surface area contributed by atoms with Gasteiger partial charge in [-0.25, -0.2) is 0 Å². The third kappa shape index (κ3) is 4.66. The van der Waals surface area contributed by atoms with E-state index in [0.717, 1.165) is 0 Å². The molecule has 0 N–H and O–H groups in total. The standard InChI is InChI=1S/C19H18P.C8H8/c1-20(17-11-5-2-6-12-17,18-13-7-3-8-14-18)19-15-9-4-10-16-19;1-2-8-6-4-3-5-7-8/h2-16H,1H3;2-7H,1H2/q+1;. The maximum absolute atomic E-state index is 3.63. The molecule has 0 aliphatic rings. The first-order valence-corrected chi connectivity index (χ1v) is 11.7. The minimum absolute atomic E-state index is 1.17. The Morgan fingerprint density at radius 1 is 0.500 bits per heavy atom. The molecule has 1 heteroatoms. The van der Waals surface area contributed by atoms with Crippen LogP contribution in [0.3, 0.4) is 0 Å². The molecule has 0 atom stereocenters. The molecule has 138 valence electrons. The zero-order chi connectivity index (χ0) is 19.7. The lowest BCUT2D eigenvalue weighted by atomic mass is 10.2. The monoisotopic (exact) mass is 381 g/mol. The lowest BCUT2D eigenvalue weighted by molar-refractivity contribution is 1.67. The molecule has 4 rings (SSSR count). The van der Waals surface area contributed by atoms with Crippen molar-refractivity contribution in [1.29, 1.82) is 0 Å². The van der Waals surface area contributed by atoms with E-state index >= 15 is 0 Å². The highest BCUT2D eigenvalue weighted by molar-refractivity contribution is 7.95. The van der Waals surface area contributed by atoms with Crippen molar-refractivity contribution in [3.8, 4) is 0 Å². The summed E-state index contributed by atoms with van der Waals surface area (Å²) in [6, 6.07) is 42.7. The van der Waals surface area contributed by atoms with E-state index in [-0.39, 0.29) is 0 Å². The molecule has 0 radical (unpaired) electrons. The Morgan fingerprint density at radius 3 is 1.04 bits per heavy atom. The fraction of sp³-hybridized carbons (Fsp3) is 0.0370. The average molecular weight is 381 g/mol. The van der Waals surface area contributed by atoms with Crippen LogP contribution in [0.4, 0.5) is 0 Å². The summed E-state index contributed by atoms with van der Waals surface area (Å²) >= 11 is 0. The van der Waals surface area contributed by atoms with Gasteiger partial charge in [-0.1, -0.05) is 97.6 Å². The van der Waals surface area contributed by atoms with E-state index in [1.54, 1.807) is 0 Å². The molecule has 0 unspecified atom stereocenters. The summed E-state index contributed by atoms with van der Waals surface area (Å²) in [6.45, 7) is 6.04. The largest absolute Gasteiger partial charge is 0.109 e. The zero-order valence-electron chi connectivity index (χ0n) is 16.3. The van der Waals surface area contributed by atoms with Crippen molar-refractivity contribution < 1.29 is 0 Å². The van der Waals surface area contributed by atoms with Gasteiger partial charge < -0.3 is 0 Å². The van der Waals surface area contributed by atoms with Gasteiger partial charge in [-0.05, 0) is 42.0 Å². The minimum Gasteiger partial charge on any atom is -0.0985 e. The molecule has 0 spiro atoms. The zero-order valence-corrected chi connectivity index (χ0v) is 17.2. The Morgan fingerprint density at radius 2 is 0.786 bits per heavy atom.